The number of rotatable bonds is 7. The molecular formula is C25H22ClNO6S. The minimum absolute atomic E-state index is 0.0579. The number of hydrogen-bond acceptors (Lipinski definition) is 7. The summed E-state index contributed by atoms with van der Waals surface area (Å²) < 4.78 is 16.3. The van der Waals surface area contributed by atoms with Crippen LogP contribution in [0, 0.1) is 0 Å². The second-order valence-corrected chi connectivity index (χ2v) is 8.88. The summed E-state index contributed by atoms with van der Waals surface area (Å²) >= 11 is 7.60. The molecule has 1 aliphatic heterocycles. The zero-order valence-corrected chi connectivity index (χ0v) is 20.3. The molecule has 3 aromatic rings. The zero-order valence-electron chi connectivity index (χ0n) is 18.7. The minimum atomic E-state index is -0.908. The number of para-hydroxylation sites is 1. The van der Waals surface area contributed by atoms with Crippen molar-refractivity contribution in [2.24, 2.45) is 0 Å². The molecule has 9 heteroatoms. The number of ether oxygens (including phenoxy) is 3. The van der Waals surface area contributed by atoms with E-state index in [1.165, 1.54) is 43.6 Å². The van der Waals surface area contributed by atoms with Crippen LogP contribution in [0.1, 0.15) is 22.0 Å². The lowest BCUT2D eigenvalue weighted by Crippen LogP contribution is -2.29. The number of hydrogen-bond donors (Lipinski definition) is 1. The largest absolute Gasteiger partial charge is 0.507 e. The van der Waals surface area contributed by atoms with Crippen LogP contribution in [0.5, 0.6) is 17.2 Å². The van der Waals surface area contributed by atoms with Crippen molar-refractivity contribution in [2.75, 3.05) is 21.3 Å². The maximum atomic E-state index is 13.3. The summed E-state index contributed by atoms with van der Waals surface area (Å²) in [5, 5.41) is 13.5. The molecule has 1 N–H and O–H groups in total. The number of Topliss-reactive ketones (excluding diaryl/α,β-unsaturated/α-hetero) is 1. The number of halogens is 1. The Morgan fingerprint density at radius 1 is 1.03 bits per heavy atom. The van der Waals surface area contributed by atoms with E-state index in [1.807, 2.05) is 17.5 Å². The van der Waals surface area contributed by atoms with E-state index in [4.69, 9.17) is 25.8 Å². The third-order valence-electron chi connectivity index (χ3n) is 5.60. The monoisotopic (exact) mass is 499 g/mol. The van der Waals surface area contributed by atoms with Gasteiger partial charge in [0, 0.05) is 16.0 Å². The van der Waals surface area contributed by atoms with Gasteiger partial charge in [0.05, 0.1) is 44.5 Å². The van der Waals surface area contributed by atoms with Gasteiger partial charge in [0.15, 0.2) is 11.5 Å². The number of carbonyl (C=O) groups excluding carboxylic acids is 2. The van der Waals surface area contributed by atoms with Crippen LogP contribution in [0.4, 0.5) is 0 Å². The second-order valence-electron chi connectivity index (χ2n) is 7.44. The van der Waals surface area contributed by atoms with E-state index in [9.17, 15) is 14.7 Å². The van der Waals surface area contributed by atoms with Gasteiger partial charge in [-0.3, -0.25) is 9.59 Å². The Morgan fingerprint density at radius 2 is 1.79 bits per heavy atom. The molecular weight excluding hydrogens is 478 g/mol. The number of ketones is 1. The average Bonchev–Trinajstić information content (AvgIpc) is 3.45. The van der Waals surface area contributed by atoms with E-state index in [0.717, 1.165) is 4.88 Å². The van der Waals surface area contributed by atoms with Crippen molar-refractivity contribution in [1.82, 2.24) is 4.90 Å². The minimum Gasteiger partial charge on any atom is -0.507 e. The van der Waals surface area contributed by atoms with Gasteiger partial charge >= 0.3 is 0 Å². The van der Waals surface area contributed by atoms with Crippen LogP contribution in [0.15, 0.2) is 59.5 Å². The Labute approximate surface area is 205 Å². The number of aliphatic hydroxyl groups excluding tert-OH is 1. The van der Waals surface area contributed by atoms with Crippen molar-refractivity contribution in [1.29, 1.82) is 0 Å². The molecule has 1 unspecified atom stereocenters. The van der Waals surface area contributed by atoms with Crippen LogP contribution >= 0.6 is 22.9 Å². The number of aliphatic hydroxyl groups is 1. The third-order valence-corrected chi connectivity index (χ3v) is 6.77. The number of benzene rings is 2. The van der Waals surface area contributed by atoms with Crippen LogP contribution in [-0.2, 0) is 16.1 Å². The molecule has 1 atom stereocenters. The second kappa shape index (κ2) is 9.79. The molecule has 34 heavy (non-hydrogen) atoms. The first-order valence-electron chi connectivity index (χ1n) is 10.3. The number of thiophene rings is 1. The fourth-order valence-electron chi connectivity index (χ4n) is 4.03. The van der Waals surface area contributed by atoms with Crippen molar-refractivity contribution in [2.45, 2.75) is 12.6 Å². The first kappa shape index (κ1) is 23.7. The number of amides is 1. The predicted octanol–water partition coefficient (Wildman–Crippen LogP) is 5.05. The van der Waals surface area contributed by atoms with E-state index in [2.05, 4.69) is 0 Å². The molecule has 1 aliphatic rings. The molecule has 4 rings (SSSR count). The van der Waals surface area contributed by atoms with Crippen molar-refractivity contribution in [3.8, 4) is 17.2 Å². The van der Waals surface area contributed by atoms with Gasteiger partial charge in [-0.05, 0) is 35.7 Å². The maximum absolute atomic E-state index is 13.3. The number of likely N-dealkylation sites (tertiary alicyclic amines) is 1. The summed E-state index contributed by atoms with van der Waals surface area (Å²) in [4.78, 5) is 28.8. The number of nitrogens with zero attached hydrogens (tertiary/aromatic N) is 1. The van der Waals surface area contributed by atoms with Crippen molar-refractivity contribution in [3.63, 3.8) is 0 Å². The molecule has 0 bridgehead atoms. The Morgan fingerprint density at radius 3 is 2.44 bits per heavy atom. The van der Waals surface area contributed by atoms with Crippen molar-refractivity contribution >= 4 is 40.4 Å². The average molecular weight is 500 g/mol. The van der Waals surface area contributed by atoms with Crippen molar-refractivity contribution < 1.29 is 28.9 Å². The Balaban J connectivity index is 1.95. The van der Waals surface area contributed by atoms with E-state index < -0.39 is 17.7 Å². The summed E-state index contributed by atoms with van der Waals surface area (Å²) in [6.45, 7) is 0.188. The number of methoxy groups -OCH3 is 3. The summed E-state index contributed by atoms with van der Waals surface area (Å²) in [5.74, 6) is -0.711. The lowest BCUT2D eigenvalue weighted by molar-refractivity contribution is -0.140. The summed E-state index contributed by atoms with van der Waals surface area (Å²) in [7, 11) is 4.44. The molecule has 176 valence electrons. The Bertz CT molecular complexity index is 1270. The van der Waals surface area contributed by atoms with Gasteiger partial charge in [0.2, 0.25) is 0 Å². The maximum Gasteiger partial charge on any atom is 0.295 e. The van der Waals surface area contributed by atoms with Crippen LogP contribution in [0.25, 0.3) is 5.76 Å². The molecule has 7 nitrogen and oxygen atoms in total. The molecule has 0 radical (unpaired) electrons. The van der Waals surface area contributed by atoms with Gasteiger partial charge in [-0.15, -0.1) is 11.3 Å². The molecule has 1 aromatic heterocycles. The smallest absolute Gasteiger partial charge is 0.295 e. The Hall–Kier alpha value is -3.49. The van der Waals surface area contributed by atoms with Crippen molar-refractivity contribution in [3.05, 3.63) is 80.5 Å². The summed E-state index contributed by atoms with van der Waals surface area (Å²) in [6, 6.07) is 12.7. The van der Waals surface area contributed by atoms with Crippen LogP contribution in [-0.4, -0.2) is 43.0 Å². The first-order valence-corrected chi connectivity index (χ1v) is 11.5. The molecule has 1 saturated heterocycles. The fourth-order valence-corrected chi connectivity index (χ4v) is 4.92. The van der Waals surface area contributed by atoms with E-state index in [-0.39, 0.29) is 17.9 Å². The fraction of sp³-hybridized carbons (Fsp3) is 0.200. The van der Waals surface area contributed by atoms with Gasteiger partial charge in [-0.1, -0.05) is 29.8 Å². The lowest BCUT2D eigenvalue weighted by Gasteiger charge is -2.26. The molecule has 0 aliphatic carbocycles. The highest BCUT2D eigenvalue weighted by Crippen LogP contribution is 2.46. The molecule has 0 saturated carbocycles. The van der Waals surface area contributed by atoms with E-state index in [1.54, 1.807) is 30.3 Å². The highest BCUT2D eigenvalue weighted by atomic mass is 35.5. The first-order chi connectivity index (χ1) is 16.4. The molecule has 1 fully saturated rings. The standard InChI is InChI=1S/C25H22ClNO6S/c1-31-18-8-4-7-16(24(18)33-3)21-20(22(28)14-9-10-17(26)19(12-14)32-2)23(29)25(30)27(21)13-15-6-5-11-34-15/h4-12,21,28H,13H2,1-3H3/b22-20+. The van der Waals surface area contributed by atoms with Gasteiger partial charge in [0.1, 0.15) is 11.5 Å². The topological polar surface area (TPSA) is 85.3 Å². The van der Waals surface area contributed by atoms with Crippen LogP contribution < -0.4 is 14.2 Å². The molecule has 2 aromatic carbocycles. The number of carbonyl (C=O) groups is 2. The molecule has 0 spiro atoms. The Kier molecular flexibility index (Phi) is 6.81. The summed E-state index contributed by atoms with van der Waals surface area (Å²) in [6.07, 6.45) is 0. The highest BCUT2D eigenvalue weighted by molar-refractivity contribution is 7.09. The zero-order chi connectivity index (χ0) is 24.4. The lowest BCUT2D eigenvalue weighted by atomic mass is 9.94. The predicted molar refractivity (Wildman–Crippen MR) is 130 cm³/mol. The van der Waals surface area contributed by atoms with E-state index in [0.29, 0.717) is 33.4 Å². The van der Waals surface area contributed by atoms with Gasteiger partial charge in [0.25, 0.3) is 11.7 Å². The van der Waals surface area contributed by atoms with Gasteiger partial charge < -0.3 is 24.2 Å². The highest BCUT2D eigenvalue weighted by Gasteiger charge is 2.47. The van der Waals surface area contributed by atoms with Gasteiger partial charge in [-0.25, -0.2) is 0 Å². The quantitative estimate of drug-likeness (QED) is 0.278. The van der Waals surface area contributed by atoms with Gasteiger partial charge in [-0.2, -0.15) is 0 Å². The normalized spacial score (nSPS) is 17.2. The molecule has 2 heterocycles. The molecule has 1 amide bonds. The van der Waals surface area contributed by atoms with Crippen LogP contribution in [0.3, 0.4) is 0 Å². The van der Waals surface area contributed by atoms with Crippen LogP contribution in [0.2, 0.25) is 5.02 Å². The van der Waals surface area contributed by atoms with E-state index >= 15 is 0 Å². The third kappa shape index (κ3) is 4.10. The SMILES string of the molecule is COc1cc(/C(O)=C2\C(=O)C(=O)N(Cc3cccs3)C2c2cccc(OC)c2OC)ccc1Cl. The summed E-state index contributed by atoms with van der Waals surface area (Å²) in [5.41, 5.74) is 0.750.